The van der Waals surface area contributed by atoms with E-state index in [9.17, 15) is 41.4 Å². The Morgan fingerprint density at radius 3 is 2.50 bits per heavy atom. The van der Waals surface area contributed by atoms with E-state index in [0.717, 1.165) is 34.9 Å². The van der Waals surface area contributed by atoms with Crippen molar-refractivity contribution in [2.24, 2.45) is 0 Å². The monoisotopic (exact) mass is 540 g/mol. The van der Waals surface area contributed by atoms with Crippen LogP contribution in [0.2, 0.25) is 0 Å². The second kappa shape index (κ2) is 9.76. The third kappa shape index (κ3) is 4.84. The highest BCUT2D eigenvalue weighted by molar-refractivity contribution is 5.99. The molecule has 0 spiro atoms. The molecule has 0 bridgehead atoms. The van der Waals surface area contributed by atoms with Crippen molar-refractivity contribution in [1.29, 1.82) is 0 Å². The SMILES string of the molecule is COCC(C)(NC(=O)c1cn(-c2ccc(F)cc2F)c2nc(N3CC(O)CC3=O)ccc2c1=O)C(F)(F)F. The molecule has 0 saturated carbocycles. The number of fused-ring (bicyclic) bond motifs is 1. The Hall–Kier alpha value is -3.91. The molecule has 3 heterocycles. The van der Waals surface area contributed by atoms with Crippen LogP contribution in [-0.4, -0.2) is 64.6 Å². The first-order chi connectivity index (χ1) is 17.8. The first-order valence-electron chi connectivity index (χ1n) is 11.1. The first kappa shape index (κ1) is 27.1. The van der Waals surface area contributed by atoms with Crippen molar-refractivity contribution in [3.63, 3.8) is 0 Å². The zero-order chi connectivity index (χ0) is 28.0. The molecule has 0 radical (unpaired) electrons. The average molecular weight is 540 g/mol. The van der Waals surface area contributed by atoms with Crippen molar-refractivity contribution < 1.29 is 41.4 Å². The first-order valence-corrected chi connectivity index (χ1v) is 11.1. The Bertz CT molecular complexity index is 1490. The van der Waals surface area contributed by atoms with Crippen LogP contribution < -0.4 is 15.6 Å². The van der Waals surface area contributed by atoms with E-state index < -0.39 is 58.9 Å². The molecule has 2 atom stereocenters. The van der Waals surface area contributed by atoms with Crippen LogP contribution in [0, 0.1) is 11.6 Å². The van der Waals surface area contributed by atoms with Gasteiger partial charge >= 0.3 is 6.18 Å². The molecule has 1 aliphatic rings. The fourth-order valence-electron chi connectivity index (χ4n) is 4.07. The Kier molecular flexibility index (Phi) is 6.97. The van der Waals surface area contributed by atoms with Crippen molar-refractivity contribution in [1.82, 2.24) is 14.9 Å². The van der Waals surface area contributed by atoms with Gasteiger partial charge in [-0.3, -0.25) is 23.9 Å². The summed E-state index contributed by atoms with van der Waals surface area (Å²) in [6.45, 7) is -0.386. The smallest absolute Gasteiger partial charge is 0.391 e. The van der Waals surface area contributed by atoms with Gasteiger partial charge < -0.3 is 15.2 Å². The summed E-state index contributed by atoms with van der Waals surface area (Å²) in [6, 6.07) is 4.83. The molecule has 2 aromatic heterocycles. The van der Waals surface area contributed by atoms with Crippen LogP contribution in [0.25, 0.3) is 16.7 Å². The normalized spacial score (nSPS) is 17.6. The number of ether oxygens (including phenoxy) is 1. The Balaban J connectivity index is 1.93. The van der Waals surface area contributed by atoms with Gasteiger partial charge in [-0.1, -0.05) is 0 Å². The minimum atomic E-state index is -4.96. The number of anilines is 1. The van der Waals surface area contributed by atoms with Crippen molar-refractivity contribution in [2.75, 3.05) is 25.2 Å². The zero-order valence-electron chi connectivity index (χ0n) is 20.0. The number of amides is 2. The van der Waals surface area contributed by atoms with Crippen LogP contribution in [0.15, 0.2) is 41.3 Å². The van der Waals surface area contributed by atoms with Gasteiger partial charge in [0.25, 0.3) is 5.91 Å². The maximum absolute atomic E-state index is 14.8. The van der Waals surface area contributed by atoms with E-state index in [1.54, 1.807) is 5.32 Å². The molecule has 4 rings (SSSR count). The molecule has 3 aromatic rings. The topological polar surface area (TPSA) is 114 Å². The molecule has 38 heavy (non-hydrogen) atoms. The third-order valence-corrected chi connectivity index (χ3v) is 6.08. The van der Waals surface area contributed by atoms with Crippen LogP contribution in [0.1, 0.15) is 23.7 Å². The summed E-state index contributed by atoms with van der Waals surface area (Å²) in [5.74, 6) is -3.95. The number of methoxy groups -OCH3 is 1. The van der Waals surface area contributed by atoms with Crippen LogP contribution in [0.5, 0.6) is 0 Å². The molecule has 0 aliphatic carbocycles. The molecule has 1 saturated heterocycles. The number of rotatable bonds is 6. The molecule has 1 aromatic carbocycles. The van der Waals surface area contributed by atoms with Gasteiger partial charge in [-0.15, -0.1) is 0 Å². The number of β-amino-alcohol motifs (C(OH)–C–C–N with tert-alkyl or cyclic N) is 1. The molecule has 1 fully saturated rings. The Labute approximate surface area is 211 Å². The predicted molar refractivity (Wildman–Crippen MR) is 124 cm³/mol. The number of aromatic nitrogens is 2. The molecule has 14 heteroatoms. The van der Waals surface area contributed by atoms with Gasteiger partial charge in [0, 0.05) is 19.4 Å². The second-order valence-corrected chi connectivity index (χ2v) is 8.96. The van der Waals surface area contributed by atoms with Crippen molar-refractivity contribution in [3.05, 3.63) is 63.9 Å². The van der Waals surface area contributed by atoms with E-state index in [-0.39, 0.29) is 35.5 Å². The van der Waals surface area contributed by atoms with Crippen molar-refractivity contribution >= 4 is 28.7 Å². The molecule has 9 nitrogen and oxygen atoms in total. The highest BCUT2D eigenvalue weighted by Gasteiger charge is 2.52. The number of pyridine rings is 2. The van der Waals surface area contributed by atoms with E-state index in [1.807, 2.05) is 0 Å². The number of nitrogens with one attached hydrogen (secondary N) is 1. The number of aliphatic hydroxyl groups excluding tert-OH is 1. The number of nitrogens with zero attached hydrogens (tertiary/aromatic N) is 3. The predicted octanol–water partition coefficient (Wildman–Crippen LogP) is 2.46. The highest BCUT2D eigenvalue weighted by atomic mass is 19.4. The second-order valence-electron chi connectivity index (χ2n) is 8.96. The minimum Gasteiger partial charge on any atom is -0.391 e. The molecule has 2 unspecified atom stereocenters. The van der Waals surface area contributed by atoms with E-state index in [0.29, 0.717) is 13.0 Å². The summed E-state index contributed by atoms with van der Waals surface area (Å²) in [5, 5.41) is 11.3. The van der Waals surface area contributed by atoms with Crippen LogP contribution in [-0.2, 0) is 9.53 Å². The molecule has 1 aliphatic heterocycles. The number of hydrogen-bond acceptors (Lipinski definition) is 6. The summed E-state index contributed by atoms with van der Waals surface area (Å²) in [7, 11) is 1.00. The van der Waals surface area contributed by atoms with Gasteiger partial charge in [0.1, 0.15) is 23.0 Å². The standard InChI is InChI=1S/C24H21F5N4O5/c1-23(11-38-2,24(27,28)29)31-22(37)15-10-32(17-5-3-12(25)7-16(17)26)21-14(20(15)36)4-6-18(30-21)33-9-13(34)8-19(33)35/h3-7,10,13,34H,8-9,11H2,1-2H3,(H,31,37). The van der Waals surface area contributed by atoms with Crippen LogP contribution >= 0.6 is 0 Å². The van der Waals surface area contributed by atoms with Crippen molar-refractivity contribution in [3.8, 4) is 5.69 Å². The van der Waals surface area contributed by atoms with Gasteiger partial charge in [0.2, 0.25) is 11.3 Å². The number of benzene rings is 1. The van der Waals surface area contributed by atoms with E-state index in [2.05, 4.69) is 9.72 Å². The van der Waals surface area contributed by atoms with Gasteiger partial charge in [-0.25, -0.2) is 13.8 Å². The summed E-state index contributed by atoms with van der Waals surface area (Å²) in [4.78, 5) is 43.9. The summed E-state index contributed by atoms with van der Waals surface area (Å²) in [5.41, 5.74) is -5.32. The number of hydrogen-bond donors (Lipinski definition) is 2. The largest absolute Gasteiger partial charge is 0.413 e. The van der Waals surface area contributed by atoms with Gasteiger partial charge in [0.05, 0.1) is 36.8 Å². The number of carbonyl (C=O) groups is 2. The van der Waals surface area contributed by atoms with E-state index >= 15 is 0 Å². The lowest BCUT2D eigenvalue weighted by molar-refractivity contribution is -0.200. The quantitative estimate of drug-likeness (QED) is 0.465. The summed E-state index contributed by atoms with van der Waals surface area (Å²) in [6.07, 6.45) is -5.30. The Morgan fingerprint density at radius 1 is 1.21 bits per heavy atom. The summed E-state index contributed by atoms with van der Waals surface area (Å²) >= 11 is 0. The highest BCUT2D eigenvalue weighted by Crippen LogP contribution is 2.31. The van der Waals surface area contributed by atoms with Crippen LogP contribution in [0.3, 0.4) is 0 Å². The molecular weight excluding hydrogens is 519 g/mol. The van der Waals surface area contributed by atoms with Gasteiger partial charge in [0.15, 0.2) is 11.2 Å². The molecule has 2 amide bonds. The minimum absolute atomic E-state index is 0.00309. The van der Waals surface area contributed by atoms with Gasteiger partial charge in [-0.05, 0) is 31.2 Å². The third-order valence-electron chi connectivity index (χ3n) is 6.08. The number of carbonyl (C=O) groups excluding carboxylic acids is 2. The van der Waals surface area contributed by atoms with Crippen molar-refractivity contribution in [2.45, 2.75) is 31.2 Å². The van der Waals surface area contributed by atoms with Crippen LogP contribution in [0.4, 0.5) is 27.8 Å². The number of halogens is 5. The number of aliphatic hydroxyl groups is 1. The lowest BCUT2D eigenvalue weighted by Crippen LogP contribution is -2.60. The maximum Gasteiger partial charge on any atom is 0.413 e. The number of alkyl halides is 3. The zero-order valence-corrected chi connectivity index (χ0v) is 20.0. The molecule has 202 valence electrons. The Morgan fingerprint density at radius 2 is 1.92 bits per heavy atom. The molecule has 2 N–H and O–H groups in total. The molecular formula is C24H21F5N4O5. The van der Waals surface area contributed by atoms with E-state index in [4.69, 9.17) is 0 Å². The lowest BCUT2D eigenvalue weighted by atomic mass is 10.0. The maximum atomic E-state index is 14.8. The summed E-state index contributed by atoms with van der Waals surface area (Å²) < 4.78 is 75.0. The fourth-order valence-corrected chi connectivity index (χ4v) is 4.07. The van der Waals surface area contributed by atoms with Gasteiger partial charge in [-0.2, -0.15) is 13.2 Å². The fraction of sp³-hybridized carbons (Fsp3) is 0.333. The van der Waals surface area contributed by atoms with E-state index in [1.165, 1.54) is 12.1 Å². The lowest BCUT2D eigenvalue weighted by Gasteiger charge is -2.32. The average Bonchev–Trinajstić information content (AvgIpc) is 3.16.